The van der Waals surface area contributed by atoms with Crippen LogP contribution in [-0.4, -0.2) is 56.4 Å². The molecule has 1 aliphatic heterocycles. The molecule has 1 saturated heterocycles. The molecule has 10 nitrogen and oxygen atoms in total. The Morgan fingerprint density at radius 3 is 2.50 bits per heavy atom. The van der Waals surface area contributed by atoms with Gasteiger partial charge in [0.25, 0.3) is 5.91 Å². The van der Waals surface area contributed by atoms with Crippen LogP contribution in [0, 0.1) is 0 Å². The van der Waals surface area contributed by atoms with Crippen LogP contribution in [0.1, 0.15) is 63.4 Å². The van der Waals surface area contributed by atoms with Crippen molar-refractivity contribution in [1.29, 1.82) is 0 Å². The number of aliphatic hydroxyl groups is 1. The number of nitrogens with one attached hydrogen (secondary N) is 2. The zero-order valence-electron chi connectivity index (χ0n) is 21.4. The number of amides is 2. The molecule has 0 aliphatic carbocycles. The van der Waals surface area contributed by atoms with Crippen molar-refractivity contribution < 1.29 is 19.4 Å². The van der Waals surface area contributed by atoms with E-state index in [1.807, 2.05) is 26.8 Å². The van der Waals surface area contributed by atoms with Crippen LogP contribution in [-0.2, 0) is 10.3 Å². The van der Waals surface area contributed by atoms with Crippen LogP contribution < -0.4 is 15.5 Å². The van der Waals surface area contributed by atoms with Gasteiger partial charge < -0.3 is 25.4 Å². The lowest BCUT2D eigenvalue weighted by atomic mass is 9.97. The molecule has 4 rings (SSSR count). The van der Waals surface area contributed by atoms with Gasteiger partial charge in [-0.25, -0.2) is 9.31 Å². The van der Waals surface area contributed by atoms with Crippen molar-refractivity contribution in [2.45, 2.75) is 64.7 Å². The highest BCUT2D eigenvalue weighted by molar-refractivity contribution is 6.04. The van der Waals surface area contributed by atoms with E-state index in [9.17, 15) is 14.7 Å². The third-order valence-electron chi connectivity index (χ3n) is 5.89. The Morgan fingerprint density at radius 1 is 1.11 bits per heavy atom. The number of alkyl carbamates (subject to hydrolysis) is 1. The largest absolute Gasteiger partial charge is 0.444 e. The standard InChI is InChI=1S/C26H34N6O4/c1-25(2,3)36-24(34)28-19-7-6-14-31(16-19)23-30-21(15-20-12-13-27-32(20)23)29-22(33)17-8-10-18(11-9-17)26(4,5)35/h8-13,15,19,35H,6-7,14,16H2,1-5H3,(H,28,34)(H,29,33)/t19-/m1/s1. The van der Waals surface area contributed by atoms with Crippen molar-refractivity contribution in [2.75, 3.05) is 23.3 Å². The third kappa shape index (κ3) is 6.12. The Labute approximate surface area is 210 Å². The van der Waals surface area contributed by atoms with E-state index in [0.29, 0.717) is 23.9 Å². The van der Waals surface area contributed by atoms with E-state index >= 15 is 0 Å². The molecule has 192 valence electrons. The molecule has 0 radical (unpaired) electrons. The normalized spacial score (nSPS) is 16.6. The number of anilines is 2. The predicted octanol–water partition coefficient (Wildman–Crippen LogP) is 3.70. The maximum atomic E-state index is 12.9. The van der Waals surface area contributed by atoms with Gasteiger partial charge in [0.15, 0.2) is 0 Å². The van der Waals surface area contributed by atoms with Gasteiger partial charge in [0, 0.05) is 30.8 Å². The summed E-state index contributed by atoms with van der Waals surface area (Å²) in [4.78, 5) is 32.0. The van der Waals surface area contributed by atoms with Crippen molar-refractivity contribution in [1.82, 2.24) is 19.9 Å². The second kappa shape index (κ2) is 9.77. The van der Waals surface area contributed by atoms with Gasteiger partial charge in [0.2, 0.25) is 5.95 Å². The molecule has 36 heavy (non-hydrogen) atoms. The molecule has 2 amide bonds. The first-order valence-electron chi connectivity index (χ1n) is 12.1. The summed E-state index contributed by atoms with van der Waals surface area (Å²) < 4.78 is 7.13. The van der Waals surface area contributed by atoms with Gasteiger partial charge in [-0.15, -0.1) is 0 Å². The lowest BCUT2D eigenvalue weighted by Gasteiger charge is -2.34. The Kier molecular flexibility index (Phi) is 6.90. The first-order chi connectivity index (χ1) is 16.9. The van der Waals surface area contributed by atoms with E-state index < -0.39 is 17.3 Å². The fraction of sp³-hybridized carbons (Fsp3) is 0.462. The summed E-state index contributed by atoms with van der Waals surface area (Å²) in [5, 5.41) is 20.4. The summed E-state index contributed by atoms with van der Waals surface area (Å²) in [5.41, 5.74) is 0.417. The number of carbonyl (C=O) groups excluding carboxylic acids is 2. The van der Waals surface area contributed by atoms with Crippen LogP contribution in [0.25, 0.3) is 5.52 Å². The second-order valence-corrected chi connectivity index (χ2v) is 10.6. The molecule has 3 heterocycles. The number of carbonyl (C=O) groups is 2. The molecule has 2 aromatic heterocycles. The lowest BCUT2D eigenvalue weighted by Crippen LogP contribution is -2.49. The van der Waals surface area contributed by atoms with Gasteiger partial charge in [-0.05, 0) is 71.2 Å². The van der Waals surface area contributed by atoms with E-state index in [4.69, 9.17) is 9.72 Å². The van der Waals surface area contributed by atoms with Crippen LogP contribution in [0.5, 0.6) is 0 Å². The molecule has 1 aliphatic rings. The van der Waals surface area contributed by atoms with Crippen LogP contribution >= 0.6 is 0 Å². The molecule has 10 heteroatoms. The maximum Gasteiger partial charge on any atom is 0.407 e. The average Bonchev–Trinajstić information content (AvgIpc) is 3.25. The molecule has 1 atom stereocenters. The molecule has 1 aromatic carbocycles. The number of ether oxygens (including phenoxy) is 1. The van der Waals surface area contributed by atoms with E-state index in [2.05, 4.69) is 20.6 Å². The summed E-state index contributed by atoms with van der Waals surface area (Å²) in [7, 11) is 0. The quantitative estimate of drug-likeness (QED) is 0.494. The summed E-state index contributed by atoms with van der Waals surface area (Å²) in [6.45, 7) is 10.2. The highest BCUT2D eigenvalue weighted by Gasteiger charge is 2.27. The summed E-state index contributed by atoms with van der Waals surface area (Å²) in [5.74, 6) is 0.681. The molecule has 0 spiro atoms. The Hall–Kier alpha value is -3.66. The fourth-order valence-corrected chi connectivity index (χ4v) is 4.15. The summed E-state index contributed by atoms with van der Waals surface area (Å²) in [6.07, 6.45) is 2.93. The second-order valence-electron chi connectivity index (χ2n) is 10.6. The number of nitrogens with zero attached hydrogens (tertiary/aromatic N) is 4. The van der Waals surface area contributed by atoms with E-state index in [1.54, 1.807) is 54.9 Å². The van der Waals surface area contributed by atoms with Gasteiger partial charge in [-0.1, -0.05) is 12.1 Å². The first-order valence-corrected chi connectivity index (χ1v) is 12.1. The van der Waals surface area contributed by atoms with E-state index in [0.717, 1.165) is 30.5 Å². The number of hydrogen-bond acceptors (Lipinski definition) is 7. The molecule has 0 saturated carbocycles. The maximum absolute atomic E-state index is 12.9. The minimum Gasteiger partial charge on any atom is -0.444 e. The van der Waals surface area contributed by atoms with Gasteiger partial charge in [0.1, 0.15) is 11.4 Å². The number of rotatable bonds is 5. The summed E-state index contributed by atoms with van der Waals surface area (Å²) in [6, 6.07) is 10.3. The minimum absolute atomic E-state index is 0.103. The molecule has 1 fully saturated rings. The molecule has 3 N–H and O–H groups in total. The van der Waals surface area contributed by atoms with Crippen molar-refractivity contribution in [2.24, 2.45) is 0 Å². The van der Waals surface area contributed by atoms with Crippen molar-refractivity contribution in [3.05, 3.63) is 53.7 Å². The number of benzene rings is 1. The van der Waals surface area contributed by atoms with Gasteiger partial charge in [0.05, 0.1) is 17.3 Å². The number of aromatic nitrogens is 3. The van der Waals surface area contributed by atoms with E-state index in [-0.39, 0.29) is 11.9 Å². The number of hydrogen-bond donors (Lipinski definition) is 3. The molecule has 0 unspecified atom stereocenters. The van der Waals surface area contributed by atoms with Gasteiger partial charge in [-0.2, -0.15) is 10.1 Å². The molecular weight excluding hydrogens is 460 g/mol. The van der Waals surface area contributed by atoms with Crippen LogP contribution in [0.15, 0.2) is 42.6 Å². The first kappa shape index (κ1) is 25.4. The lowest BCUT2D eigenvalue weighted by molar-refractivity contribution is 0.0499. The fourth-order valence-electron chi connectivity index (χ4n) is 4.15. The zero-order valence-corrected chi connectivity index (χ0v) is 21.4. The number of fused-ring (bicyclic) bond motifs is 1. The van der Waals surface area contributed by atoms with E-state index in [1.165, 1.54) is 0 Å². The molecule has 3 aromatic rings. The predicted molar refractivity (Wildman–Crippen MR) is 137 cm³/mol. The SMILES string of the molecule is CC(C)(C)OC(=O)N[C@@H]1CCCN(c2nc(NC(=O)c3ccc(C(C)(C)O)cc3)cc3ccnn23)C1. The Bertz CT molecular complexity index is 1240. The van der Waals surface area contributed by atoms with Gasteiger partial charge in [-0.3, -0.25) is 4.79 Å². The average molecular weight is 495 g/mol. The van der Waals surface area contributed by atoms with Crippen LogP contribution in [0.2, 0.25) is 0 Å². The topological polar surface area (TPSA) is 121 Å². The summed E-state index contributed by atoms with van der Waals surface area (Å²) >= 11 is 0. The Balaban J connectivity index is 1.52. The van der Waals surface area contributed by atoms with Crippen molar-refractivity contribution in [3.63, 3.8) is 0 Å². The third-order valence-corrected chi connectivity index (χ3v) is 5.89. The Morgan fingerprint density at radius 2 is 1.83 bits per heavy atom. The highest BCUT2D eigenvalue weighted by Crippen LogP contribution is 2.24. The molecule has 0 bridgehead atoms. The monoisotopic (exact) mass is 494 g/mol. The van der Waals surface area contributed by atoms with Crippen molar-refractivity contribution >= 4 is 29.3 Å². The van der Waals surface area contributed by atoms with Crippen LogP contribution in [0.4, 0.5) is 16.6 Å². The zero-order chi connectivity index (χ0) is 26.1. The highest BCUT2D eigenvalue weighted by atomic mass is 16.6. The van der Waals surface area contributed by atoms with Crippen molar-refractivity contribution in [3.8, 4) is 0 Å². The van der Waals surface area contributed by atoms with Crippen LogP contribution in [0.3, 0.4) is 0 Å². The van der Waals surface area contributed by atoms with Gasteiger partial charge >= 0.3 is 6.09 Å². The smallest absolute Gasteiger partial charge is 0.407 e. The molecular formula is C26H34N6O4. The number of piperidine rings is 1. The minimum atomic E-state index is -0.983.